The molecule has 1 fully saturated rings. The van der Waals surface area contributed by atoms with Crippen LogP contribution in [0.2, 0.25) is 5.15 Å². The fraction of sp³-hybridized carbons (Fsp3) is 0.417. The van der Waals surface area contributed by atoms with Gasteiger partial charge in [0.1, 0.15) is 16.6 Å². The molecule has 1 saturated heterocycles. The number of amides is 1. The molecule has 1 atom stereocenters. The number of hydrogen-bond donors (Lipinski definition) is 1. The molecular formula is C24H25ClF3N5O2S. The highest BCUT2D eigenvalue weighted by atomic mass is 35.5. The first-order valence-corrected chi connectivity index (χ1v) is 12.8. The van der Waals surface area contributed by atoms with Gasteiger partial charge in [0.25, 0.3) is 5.91 Å². The van der Waals surface area contributed by atoms with Crippen LogP contribution >= 0.6 is 22.9 Å². The van der Waals surface area contributed by atoms with E-state index in [4.69, 9.17) is 16.3 Å². The Labute approximate surface area is 215 Å². The topological polar surface area (TPSA) is 80.2 Å². The smallest absolute Gasteiger partial charge is 0.419 e. The van der Waals surface area contributed by atoms with Crippen molar-refractivity contribution < 1.29 is 22.7 Å². The molecule has 7 nitrogen and oxygen atoms in total. The van der Waals surface area contributed by atoms with Crippen molar-refractivity contribution in [1.82, 2.24) is 19.9 Å². The molecule has 1 amide bonds. The molecule has 1 aliphatic heterocycles. The number of rotatable bonds is 8. The molecule has 0 unspecified atom stereocenters. The van der Waals surface area contributed by atoms with E-state index in [2.05, 4.69) is 32.1 Å². The van der Waals surface area contributed by atoms with Crippen molar-refractivity contribution in [3.05, 3.63) is 51.9 Å². The van der Waals surface area contributed by atoms with E-state index in [0.717, 1.165) is 36.8 Å². The molecule has 4 rings (SSSR count). The van der Waals surface area contributed by atoms with Crippen molar-refractivity contribution >= 4 is 34.0 Å². The summed E-state index contributed by atoms with van der Waals surface area (Å²) in [6.45, 7) is 5.29. The molecule has 0 aliphatic carbocycles. The number of ether oxygens (including phenoxy) is 1. The lowest BCUT2D eigenvalue weighted by Crippen LogP contribution is -2.28. The Morgan fingerprint density at radius 3 is 2.75 bits per heavy atom. The fourth-order valence-corrected chi connectivity index (χ4v) is 5.36. The number of aromatic nitrogens is 3. The van der Waals surface area contributed by atoms with Gasteiger partial charge in [-0.2, -0.15) is 13.2 Å². The van der Waals surface area contributed by atoms with Gasteiger partial charge in [-0.1, -0.05) is 29.9 Å². The van der Waals surface area contributed by atoms with Crippen LogP contribution in [-0.2, 0) is 12.7 Å². The maximum atomic E-state index is 13.8. The number of carbonyl (C=O) groups excluding carboxylic acids is 1. The Morgan fingerprint density at radius 1 is 1.28 bits per heavy atom. The second kappa shape index (κ2) is 11.1. The average molecular weight is 540 g/mol. The maximum Gasteiger partial charge on any atom is 0.419 e. The van der Waals surface area contributed by atoms with Crippen molar-refractivity contribution in [2.24, 2.45) is 0 Å². The van der Waals surface area contributed by atoms with Crippen LogP contribution in [0.15, 0.2) is 30.6 Å². The zero-order valence-electron chi connectivity index (χ0n) is 19.7. The van der Waals surface area contributed by atoms with Gasteiger partial charge in [0.05, 0.1) is 30.3 Å². The highest BCUT2D eigenvalue weighted by Crippen LogP contribution is 2.41. The zero-order chi connectivity index (χ0) is 25.9. The summed E-state index contributed by atoms with van der Waals surface area (Å²) in [4.78, 5) is 28.1. The van der Waals surface area contributed by atoms with Gasteiger partial charge in [0.15, 0.2) is 5.13 Å². The van der Waals surface area contributed by atoms with Crippen molar-refractivity contribution in [2.75, 3.05) is 18.5 Å². The van der Waals surface area contributed by atoms with Crippen molar-refractivity contribution in [1.29, 1.82) is 0 Å². The van der Waals surface area contributed by atoms with Gasteiger partial charge in [0, 0.05) is 23.0 Å². The van der Waals surface area contributed by atoms with Crippen LogP contribution < -0.4 is 10.1 Å². The first-order valence-electron chi connectivity index (χ1n) is 11.6. The number of nitrogens with zero attached hydrogens (tertiary/aromatic N) is 4. The lowest BCUT2D eigenvalue weighted by atomic mass is 10.1. The summed E-state index contributed by atoms with van der Waals surface area (Å²) in [6, 6.07) is 4.34. The van der Waals surface area contributed by atoms with Crippen LogP contribution in [0.3, 0.4) is 0 Å². The molecule has 3 aromatic rings. The van der Waals surface area contributed by atoms with E-state index in [1.54, 1.807) is 13.0 Å². The van der Waals surface area contributed by atoms with Crippen molar-refractivity contribution in [2.45, 2.75) is 51.9 Å². The molecule has 3 heterocycles. The SMILES string of the molecule is CCOc1ccc(-c2nc(NC(=O)c3cnc(Cl)cn3)sc2CN2CCC[C@H]2CC)cc1C(F)(F)F. The van der Waals surface area contributed by atoms with E-state index in [9.17, 15) is 18.0 Å². The van der Waals surface area contributed by atoms with Gasteiger partial charge in [-0.05, 0) is 50.9 Å². The van der Waals surface area contributed by atoms with E-state index in [1.165, 1.54) is 29.8 Å². The third-order valence-electron chi connectivity index (χ3n) is 5.95. The first kappa shape index (κ1) is 26.3. The monoisotopic (exact) mass is 539 g/mol. The summed E-state index contributed by atoms with van der Waals surface area (Å²) < 4.78 is 46.6. The molecule has 2 aromatic heterocycles. The van der Waals surface area contributed by atoms with Gasteiger partial charge < -0.3 is 4.74 Å². The van der Waals surface area contributed by atoms with Gasteiger partial charge in [-0.3, -0.25) is 15.0 Å². The molecule has 1 aliphatic rings. The molecule has 36 heavy (non-hydrogen) atoms. The molecule has 0 bridgehead atoms. The number of likely N-dealkylation sites (tertiary alicyclic amines) is 1. The number of benzene rings is 1. The average Bonchev–Trinajstić information content (AvgIpc) is 3.46. The highest BCUT2D eigenvalue weighted by molar-refractivity contribution is 7.16. The molecular weight excluding hydrogens is 515 g/mol. The van der Waals surface area contributed by atoms with Crippen LogP contribution in [0.25, 0.3) is 11.3 Å². The minimum Gasteiger partial charge on any atom is -0.493 e. The zero-order valence-corrected chi connectivity index (χ0v) is 21.3. The number of thiazole rings is 1. The predicted octanol–water partition coefficient (Wildman–Crippen LogP) is 6.30. The Balaban J connectivity index is 1.71. The lowest BCUT2D eigenvalue weighted by Gasteiger charge is -2.23. The minimum atomic E-state index is -4.59. The Kier molecular flexibility index (Phi) is 8.11. The number of carbonyl (C=O) groups is 1. The Morgan fingerprint density at radius 2 is 2.08 bits per heavy atom. The summed E-state index contributed by atoms with van der Waals surface area (Å²) in [7, 11) is 0. The van der Waals surface area contributed by atoms with Gasteiger partial charge in [-0.25, -0.2) is 15.0 Å². The quantitative estimate of drug-likeness (QED) is 0.362. The van der Waals surface area contributed by atoms with E-state index in [-0.39, 0.29) is 28.3 Å². The van der Waals surface area contributed by atoms with Crippen LogP contribution in [0, 0.1) is 0 Å². The fourth-order valence-electron chi connectivity index (χ4n) is 4.26. The first-order chi connectivity index (χ1) is 17.2. The number of nitrogens with one attached hydrogen (secondary N) is 1. The molecule has 0 radical (unpaired) electrons. The second-order valence-electron chi connectivity index (χ2n) is 8.29. The van der Waals surface area contributed by atoms with E-state index in [0.29, 0.717) is 23.8 Å². The third kappa shape index (κ3) is 5.96. The number of alkyl halides is 3. The third-order valence-corrected chi connectivity index (χ3v) is 7.10. The summed E-state index contributed by atoms with van der Waals surface area (Å²) in [5.74, 6) is -0.771. The van der Waals surface area contributed by atoms with Crippen LogP contribution in [-0.4, -0.2) is 45.0 Å². The maximum absolute atomic E-state index is 13.8. The molecule has 1 N–H and O–H groups in total. The normalized spacial score (nSPS) is 16.3. The van der Waals surface area contributed by atoms with Gasteiger partial charge >= 0.3 is 6.18 Å². The van der Waals surface area contributed by atoms with Crippen LogP contribution in [0.5, 0.6) is 5.75 Å². The molecule has 1 aromatic carbocycles. The molecule has 0 spiro atoms. The van der Waals surface area contributed by atoms with Crippen molar-refractivity contribution in [3.8, 4) is 17.0 Å². The number of halogens is 4. The lowest BCUT2D eigenvalue weighted by molar-refractivity contribution is -0.138. The summed E-state index contributed by atoms with van der Waals surface area (Å²) >= 11 is 6.98. The van der Waals surface area contributed by atoms with Crippen LogP contribution in [0.4, 0.5) is 18.3 Å². The summed E-state index contributed by atoms with van der Waals surface area (Å²) in [6.07, 6.45) is 1.02. The van der Waals surface area contributed by atoms with Crippen LogP contribution in [0.1, 0.15) is 54.0 Å². The standard InChI is InChI=1S/C24H25ClF3N5O2S/c1-3-15-6-5-9-33(15)13-19-21(14-7-8-18(35-4-2)16(10-14)24(26,27)28)31-23(36-19)32-22(34)17-11-30-20(25)12-29-17/h7-8,10-12,15H,3-6,9,13H2,1-2H3,(H,31,32,34)/t15-/m1/s1. The number of hydrogen-bond acceptors (Lipinski definition) is 7. The Hall–Kier alpha value is -2.76. The summed E-state index contributed by atoms with van der Waals surface area (Å²) in [5.41, 5.74) is -0.122. The summed E-state index contributed by atoms with van der Waals surface area (Å²) in [5, 5.41) is 3.10. The van der Waals surface area contributed by atoms with Gasteiger partial charge in [-0.15, -0.1) is 0 Å². The second-order valence-corrected chi connectivity index (χ2v) is 9.76. The molecule has 12 heteroatoms. The molecule has 192 valence electrons. The largest absolute Gasteiger partial charge is 0.493 e. The van der Waals surface area contributed by atoms with Gasteiger partial charge in [0.2, 0.25) is 0 Å². The van der Waals surface area contributed by atoms with E-state index in [1.807, 2.05) is 0 Å². The number of anilines is 1. The Bertz CT molecular complexity index is 1220. The predicted molar refractivity (Wildman–Crippen MR) is 132 cm³/mol. The van der Waals surface area contributed by atoms with Crippen molar-refractivity contribution in [3.63, 3.8) is 0 Å². The van der Waals surface area contributed by atoms with E-state index < -0.39 is 17.6 Å². The highest BCUT2D eigenvalue weighted by Gasteiger charge is 2.35. The molecule has 0 saturated carbocycles. The van der Waals surface area contributed by atoms with E-state index >= 15 is 0 Å². The minimum absolute atomic E-state index is 0.0451.